The molecule has 7 heteroatoms. The van der Waals surface area contributed by atoms with Crippen molar-refractivity contribution in [1.82, 2.24) is 5.16 Å². The van der Waals surface area contributed by atoms with Crippen molar-refractivity contribution >= 4 is 11.6 Å². The SMILES string of the molecule is Cc1noc(C)c1COc1ccc(C(=O)Nc2ccc(F)c(C(C)O)c2)cc1. The Bertz CT molecular complexity index is 961. The summed E-state index contributed by atoms with van der Waals surface area (Å²) >= 11 is 0. The Labute approximate surface area is 161 Å². The van der Waals surface area contributed by atoms with Gasteiger partial charge in [-0.1, -0.05) is 5.16 Å². The van der Waals surface area contributed by atoms with Gasteiger partial charge in [0.05, 0.1) is 17.4 Å². The number of aliphatic hydroxyl groups excluding tert-OH is 1. The Kier molecular flexibility index (Phi) is 5.75. The normalized spacial score (nSPS) is 11.9. The highest BCUT2D eigenvalue weighted by Crippen LogP contribution is 2.22. The lowest BCUT2D eigenvalue weighted by atomic mass is 10.1. The van der Waals surface area contributed by atoms with Gasteiger partial charge in [0.15, 0.2) is 0 Å². The minimum atomic E-state index is -0.967. The molecule has 146 valence electrons. The van der Waals surface area contributed by atoms with E-state index in [0.29, 0.717) is 29.4 Å². The van der Waals surface area contributed by atoms with Crippen LogP contribution in [0.1, 0.15) is 46.0 Å². The number of ether oxygens (including phenoxy) is 1. The summed E-state index contributed by atoms with van der Waals surface area (Å²) in [7, 11) is 0. The van der Waals surface area contributed by atoms with Gasteiger partial charge >= 0.3 is 0 Å². The minimum absolute atomic E-state index is 0.126. The molecule has 0 fully saturated rings. The Balaban J connectivity index is 1.64. The summed E-state index contributed by atoms with van der Waals surface area (Å²) in [5.41, 5.74) is 2.63. The van der Waals surface area contributed by atoms with Gasteiger partial charge in [0, 0.05) is 16.8 Å². The number of nitrogens with one attached hydrogen (secondary N) is 1. The van der Waals surface area contributed by atoms with E-state index in [1.54, 1.807) is 24.3 Å². The maximum Gasteiger partial charge on any atom is 0.255 e. The van der Waals surface area contributed by atoms with Crippen LogP contribution >= 0.6 is 0 Å². The Morgan fingerprint density at radius 3 is 2.57 bits per heavy atom. The Hall–Kier alpha value is -3.19. The van der Waals surface area contributed by atoms with Crippen molar-refractivity contribution in [2.24, 2.45) is 0 Å². The molecule has 6 nitrogen and oxygen atoms in total. The third kappa shape index (κ3) is 4.37. The van der Waals surface area contributed by atoms with Crippen LogP contribution in [0.3, 0.4) is 0 Å². The number of nitrogens with zero attached hydrogens (tertiary/aromatic N) is 1. The molecule has 2 N–H and O–H groups in total. The van der Waals surface area contributed by atoms with Gasteiger partial charge in [-0.15, -0.1) is 0 Å². The lowest BCUT2D eigenvalue weighted by Gasteiger charge is -2.11. The van der Waals surface area contributed by atoms with Crippen LogP contribution in [0.25, 0.3) is 0 Å². The highest BCUT2D eigenvalue weighted by molar-refractivity contribution is 6.04. The van der Waals surface area contributed by atoms with E-state index in [9.17, 15) is 14.3 Å². The van der Waals surface area contributed by atoms with Gasteiger partial charge in [-0.05, 0) is 63.2 Å². The zero-order chi connectivity index (χ0) is 20.3. The highest BCUT2D eigenvalue weighted by atomic mass is 19.1. The van der Waals surface area contributed by atoms with Crippen LogP contribution in [0.2, 0.25) is 0 Å². The number of aliphatic hydroxyl groups is 1. The van der Waals surface area contributed by atoms with E-state index in [1.807, 2.05) is 13.8 Å². The van der Waals surface area contributed by atoms with Gasteiger partial charge in [-0.2, -0.15) is 0 Å². The fourth-order valence-corrected chi connectivity index (χ4v) is 2.71. The predicted octanol–water partition coefficient (Wildman–Crippen LogP) is 4.32. The average Bonchev–Trinajstić information content (AvgIpc) is 2.99. The number of aromatic nitrogens is 1. The first kappa shape index (κ1) is 19.6. The van der Waals surface area contributed by atoms with Gasteiger partial charge in [-0.3, -0.25) is 4.79 Å². The van der Waals surface area contributed by atoms with Gasteiger partial charge in [0.25, 0.3) is 5.91 Å². The van der Waals surface area contributed by atoms with Crippen LogP contribution in [0, 0.1) is 19.7 Å². The second-order valence-electron chi connectivity index (χ2n) is 6.48. The minimum Gasteiger partial charge on any atom is -0.489 e. The molecule has 0 saturated heterocycles. The third-order valence-electron chi connectivity index (χ3n) is 4.38. The lowest BCUT2D eigenvalue weighted by Crippen LogP contribution is -2.12. The zero-order valence-corrected chi connectivity index (χ0v) is 15.8. The number of carbonyl (C=O) groups excluding carboxylic acids is 1. The molecule has 0 saturated carbocycles. The molecule has 3 rings (SSSR count). The van der Waals surface area contributed by atoms with Crippen molar-refractivity contribution in [3.05, 3.63) is 76.4 Å². The maximum atomic E-state index is 13.7. The number of hydrogen-bond donors (Lipinski definition) is 2. The number of hydrogen-bond acceptors (Lipinski definition) is 5. The molecule has 0 aliphatic carbocycles. The van der Waals surface area contributed by atoms with Crippen molar-refractivity contribution in [1.29, 1.82) is 0 Å². The van der Waals surface area contributed by atoms with Gasteiger partial charge in [0.1, 0.15) is 23.9 Å². The first-order chi connectivity index (χ1) is 13.3. The number of amides is 1. The number of halogens is 1. The summed E-state index contributed by atoms with van der Waals surface area (Å²) < 4.78 is 24.5. The smallest absolute Gasteiger partial charge is 0.255 e. The van der Waals surface area contributed by atoms with Crippen molar-refractivity contribution in [2.75, 3.05) is 5.32 Å². The molecule has 0 bridgehead atoms. The zero-order valence-electron chi connectivity index (χ0n) is 15.8. The number of aryl methyl sites for hydroxylation is 2. The number of carbonyl (C=O) groups is 1. The summed E-state index contributed by atoms with van der Waals surface area (Å²) in [5.74, 6) is 0.451. The van der Waals surface area contributed by atoms with Crippen molar-refractivity contribution in [2.45, 2.75) is 33.5 Å². The van der Waals surface area contributed by atoms with Crippen molar-refractivity contribution in [3.63, 3.8) is 0 Å². The maximum absolute atomic E-state index is 13.7. The summed E-state index contributed by atoms with van der Waals surface area (Å²) in [6, 6.07) is 10.7. The summed E-state index contributed by atoms with van der Waals surface area (Å²) in [4.78, 5) is 12.4. The quantitative estimate of drug-likeness (QED) is 0.661. The van der Waals surface area contributed by atoms with E-state index in [-0.39, 0.29) is 11.5 Å². The highest BCUT2D eigenvalue weighted by Gasteiger charge is 2.12. The van der Waals surface area contributed by atoms with E-state index in [0.717, 1.165) is 11.3 Å². The van der Waals surface area contributed by atoms with Gasteiger partial charge < -0.3 is 19.7 Å². The first-order valence-electron chi connectivity index (χ1n) is 8.78. The summed E-state index contributed by atoms with van der Waals surface area (Å²) in [5, 5.41) is 16.2. The van der Waals surface area contributed by atoms with E-state index in [4.69, 9.17) is 9.26 Å². The molecular weight excluding hydrogens is 363 g/mol. The molecule has 1 atom stereocenters. The summed E-state index contributed by atoms with van der Waals surface area (Å²) in [6.45, 7) is 5.46. The fraction of sp³-hybridized carbons (Fsp3) is 0.238. The Morgan fingerprint density at radius 1 is 1.25 bits per heavy atom. The van der Waals surface area contributed by atoms with Crippen molar-refractivity contribution < 1.29 is 23.6 Å². The predicted molar refractivity (Wildman–Crippen MR) is 102 cm³/mol. The summed E-state index contributed by atoms with van der Waals surface area (Å²) in [6.07, 6.45) is -0.967. The van der Waals surface area contributed by atoms with Crippen LogP contribution in [0.15, 0.2) is 47.0 Å². The molecule has 1 unspecified atom stereocenters. The van der Waals surface area contributed by atoms with Crippen LogP contribution in [-0.2, 0) is 6.61 Å². The van der Waals surface area contributed by atoms with Gasteiger partial charge in [-0.25, -0.2) is 4.39 Å². The Morgan fingerprint density at radius 2 is 1.96 bits per heavy atom. The van der Waals surface area contributed by atoms with Crippen LogP contribution in [0.5, 0.6) is 5.75 Å². The molecule has 0 radical (unpaired) electrons. The molecule has 1 amide bonds. The third-order valence-corrected chi connectivity index (χ3v) is 4.38. The lowest BCUT2D eigenvalue weighted by molar-refractivity contribution is 0.102. The van der Waals surface area contributed by atoms with E-state index in [2.05, 4.69) is 10.5 Å². The first-order valence-corrected chi connectivity index (χ1v) is 8.78. The van der Waals surface area contributed by atoms with E-state index in [1.165, 1.54) is 25.1 Å². The average molecular weight is 384 g/mol. The molecule has 1 heterocycles. The monoisotopic (exact) mass is 384 g/mol. The molecule has 28 heavy (non-hydrogen) atoms. The number of rotatable bonds is 6. The van der Waals surface area contributed by atoms with Crippen LogP contribution in [0.4, 0.5) is 10.1 Å². The molecule has 3 aromatic rings. The molecule has 0 aliphatic rings. The molecule has 1 aromatic heterocycles. The largest absolute Gasteiger partial charge is 0.489 e. The number of benzene rings is 2. The second-order valence-corrected chi connectivity index (χ2v) is 6.48. The second kappa shape index (κ2) is 8.22. The number of anilines is 1. The van der Waals surface area contributed by atoms with E-state index >= 15 is 0 Å². The fourth-order valence-electron chi connectivity index (χ4n) is 2.71. The van der Waals surface area contributed by atoms with Crippen molar-refractivity contribution in [3.8, 4) is 5.75 Å². The van der Waals surface area contributed by atoms with Crippen LogP contribution in [-0.4, -0.2) is 16.2 Å². The standard InChI is InChI=1S/C21H21FN2O4/c1-12-19(14(3)28-24-12)11-27-17-7-4-15(5-8-17)21(26)23-16-6-9-20(22)18(10-16)13(2)25/h4-10,13,25H,11H2,1-3H3,(H,23,26). The topological polar surface area (TPSA) is 84.6 Å². The molecular formula is C21H21FN2O4. The molecule has 0 aliphatic heterocycles. The van der Waals surface area contributed by atoms with E-state index < -0.39 is 11.9 Å². The van der Waals surface area contributed by atoms with Crippen LogP contribution < -0.4 is 10.1 Å². The molecule has 0 spiro atoms. The molecule has 2 aromatic carbocycles. The van der Waals surface area contributed by atoms with Gasteiger partial charge in [0.2, 0.25) is 0 Å².